The van der Waals surface area contributed by atoms with E-state index < -0.39 is 5.97 Å². The number of benzene rings is 1. The molecule has 1 aromatic heterocycles. The van der Waals surface area contributed by atoms with Gasteiger partial charge in [0.15, 0.2) is 5.82 Å². The second kappa shape index (κ2) is 5.70. The van der Waals surface area contributed by atoms with E-state index in [4.69, 9.17) is 5.11 Å². The molecule has 1 aliphatic carbocycles. The predicted molar refractivity (Wildman–Crippen MR) is 76.0 cm³/mol. The number of aromatic nitrogens is 4. The van der Waals surface area contributed by atoms with E-state index in [1.54, 1.807) is 28.9 Å². The Balaban J connectivity index is 1.79. The molecule has 0 aliphatic heterocycles. The number of rotatable bonds is 4. The van der Waals surface area contributed by atoms with Crippen LogP contribution in [-0.4, -0.2) is 31.3 Å². The van der Waals surface area contributed by atoms with Crippen LogP contribution in [0.15, 0.2) is 48.6 Å². The SMILES string of the molecule is O=C(O)c1ccc(Cn2nnnc2C2C=CC=CC2)cc1. The van der Waals surface area contributed by atoms with E-state index in [1.807, 2.05) is 12.2 Å². The number of carbonyl (C=O) groups is 1. The van der Waals surface area contributed by atoms with Crippen molar-refractivity contribution in [1.29, 1.82) is 0 Å². The molecule has 1 unspecified atom stereocenters. The molecular formula is C15H14N4O2. The molecule has 2 aromatic rings. The third-order valence-electron chi connectivity index (χ3n) is 3.41. The van der Waals surface area contributed by atoms with Crippen LogP contribution in [0, 0.1) is 0 Å². The van der Waals surface area contributed by atoms with Crippen molar-refractivity contribution in [3.05, 3.63) is 65.5 Å². The van der Waals surface area contributed by atoms with Gasteiger partial charge in [0.05, 0.1) is 12.1 Å². The summed E-state index contributed by atoms with van der Waals surface area (Å²) in [7, 11) is 0. The molecule has 21 heavy (non-hydrogen) atoms. The fourth-order valence-corrected chi connectivity index (χ4v) is 2.29. The number of nitrogens with zero attached hydrogens (tertiary/aromatic N) is 4. The lowest BCUT2D eigenvalue weighted by atomic mass is 10.00. The average molecular weight is 282 g/mol. The van der Waals surface area contributed by atoms with Crippen molar-refractivity contribution in [3.8, 4) is 0 Å². The van der Waals surface area contributed by atoms with Gasteiger partial charge in [0.1, 0.15) is 0 Å². The summed E-state index contributed by atoms with van der Waals surface area (Å²) in [6, 6.07) is 6.74. The zero-order chi connectivity index (χ0) is 14.7. The highest BCUT2D eigenvalue weighted by molar-refractivity contribution is 5.87. The number of tetrazole rings is 1. The van der Waals surface area contributed by atoms with Crippen LogP contribution in [0.5, 0.6) is 0 Å². The summed E-state index contributed by atoms with van der Waals surface area (Å²) in [4.78, 5) is 10.8. The first-order valence-electron chi connectivity index (χ1n) is 6.65. The fourth-order valence-electron chi connectivity index (χ4n) is 2.29. The van der Waals surface area contributed by atoms with Gasteiger partial charge < -0.3 is 5.11 Å². The van der Waals surface area contributed by atoms with Crippen molar-refractivity contribution in [2.45, 2.75) is 18.9 Å². The minimum absolute atomic E-state index is 0.184. The summed E-state index contributed by atoms with van der Waals surface area (Å²) in [5, 5.41) is 20.8. The van der Waals surface area contributed by atoms with Gasteiger partial charge in [0, 0.05) is 5.92 Å². The van der Waals surface area contributed by atoms with Crippen molar-refractivity contribution in [3.63, 3.8) is 0 Å². The first kappa shape index (κ1) is 13.2. The van der Waals surface area contributed by atoms with Gasteiger partial charge >= 0.3 is 5.97 Å². The van der Waals surface area contributed by atoms with E-state index in [9.17, 15) is 4.79 Å². The van der Waals surface area contributed by atoms with Crippen LogP contribution in [0.1, 0.15) is 34.1 Å². The molecule has 1 aliphatic rings. The molecule has 1 heterocycles. The number of hydrogen-bond donors (Lipinski definition) is 1. The maximum atomic E-state index is 10.8. The van der Waals surface area contributed by atoms with Gasteiger partial charge in [0.25, 0.3) is 0 Å². The van der Waals surface area contributed by atoms with E-state index >= 15 is 0 Å². The summed E-state index contributed by atoms with van der Waals surface area (Å²) in [5.74, 6) is 0.0741. The van der Waals surface area contributed by atoms with Crippen LogP contribution < -0.4 is 0 Å². The van der Waals surface area contributed by atoms with Crippen molar-refractivity contribution in [1.82, 2.24) is 20.2 Å². The van der Waals surface area contributed by atoms with Gasteiger partial charge in [-0.3, -0.25) is 0 Å². The van der Waals surface area contributed by atoms with Crippen molar-refractivity contribution in [2.75, 3.05) is 0 Å². The van der Waals surface area contributed by atoms with Crippen LogP contribution in [0.4, 0.5) is 0 Å². The maximum Gasteiger partial charge on any atom is 0.335 e. The maximum absolute atomic E-state index is 10.8. The molecule has 1 aromatic carbocycles. The van der Waals surface area contributed by atoms with Crippen LogP contribution in [-0.2, 0) is 6.54 Å². The normalized spacial score (nSPS) is 17.0. The van der Waals surface area contributed by atoms with Crippen molar-refractivity contribution >= 4 is 5.97 Å². The molecule has 6 heteroatoms. The summed E-state index contributed by atoms with van der Waals surface area (Å²) in [6.07, 6.45) is 9.06. The zero-order valence-electron chi connectivity index (χ0n) is 11.3. The molecule has 1 N–H and O–H groups in total. The highest BCUT2D eigenvalue weighted by atomic mass is 16.4. The average Bonchev–Trinajstić information content (AvgIpc) is 2.97. The molecule has 6 nitrogen and oxygen atoms in total. The van der Waals surface area contributed by atoms with E-state index in [1.165, 1.54) is 0 Å². The van der Waals surface area contributed by atoms with Gasteiger partial charge in [-0.05, 0) is 34.5 Å². The standard InChI is InChI=1S/C15H14N4O2/c20-15(21)13-8-6-11(7-9-13)10-19-14(16-17-18-19)12-4-2-1-3-5-12/h1-4,6-9,12H,5,10H2,(H,20,21). The molecular weight excluding hydrogens is 268 g/mol. The number of carboxylic acid groups (broad SMARTS) is 1. The Bertz CT molecular complexity index is 701. The third kappa shape index (κ3) is 2.89. The Morgan fingerprint density at radius 3 is 2.76 bits per heavy atom. The molecule has 0 bridgehead atoms. The number of allylic oxidation sites excluding steroid dienone is 4. The Morgan fingerprint density at radius 2 is 2.10 bits per heavy atom. The monoisotopic (exact) mass is 282 g/mol. The zero-order valence-corrected chi connectivity index (χ0v) is 11.3. The first-order valence-corrected chi connectivity index (χ1v) is 6.65. The lowest BCUT2D eigenvalue weighted by Gasteiger charge is -2.12. The van der Waals surface area contributed by atoms with Crippen LogP contribution in [0.25, 0.3) is 0 Å². The van der Waals surface area contributed by atoms with Crippen LogP contribution in [0.2, 0.25) is 0 Å². The molecule has 0 amide bonds. The van der Waals surface area contributed by atoms with E-state index in [0.717, 1.165) is 17.8 Å². The minimum atomic E-state index is -0.927. The van der Waals surface area contributed by atoms with E-state index in [2.05, 4.69) is 27.7 Å². The van der Waals surface area contributed by atoms with Gasteiger partial charge in [-0.2, -0.15) is 0 Å². The Morgan fingerprint density at radius 1 is 1.29 bits per heavy atom. The lowest BCUT2D eigenvalue weighted by molar-refractivity contribution is 0.0697. The van der Waals surface area contributed by atoms with Gasteiger partial charge in [-0.15, -0.1) is 5.10 Å². The second-order valence-corrected chi connectivity index (χ2v) is 4.85. The lowest BCUT2D eigenvalue weighted by Crippen LogP contribution is -2.11. The second-order valence-electron chi connectivity index (χ2n) is 4.85. The first-order chi connectivity index (χ1) is 10.2. The molecule has 0 fully saturated rings. The summed E-state index contributed by atoms with van der Waals surface area (Å²) in [5.41, 5.74) is 1.24. The van der Waals surface area contributed by atoms with E-state index in [0.29, 0.717) is 6.54 Å². The quantitative estimate of drug-likeness (QED) is 0.927. The number of hydrogen-bond acceptors (Lipinski definition) is 4. The van der Waals surface area contributed by atoms with E-state index in [-0.39, 0.29) is 11.5 Å². The number of aromatic carboxylic acids is 1. The van der Waals surface area contributed by atoms with Gasteiger partial charge in [-0.1, -0.05) is 36.4 Å². The van der Waals surface area contributed by atoms with Gasteiger partial charge in [-0.25, -0.2) is 9.48 Å². The molecule has 0 saturated carbocycles. The Kier molecular flexibility index (Phi) is 3.59. The summed E-state index contributed by atoms with van der Waals surface area (Å²) >= 11 is 0. The molecule has 106 valence electrons. The molecule has 0 radical (unpaired) electrons. The smallest absolute Gasteiger partial charge is 0.335 e. The van der Waals surface area contributed by atoms with Crippen molar-refractivity contribution in [2.24, 2.45) is 0 Å². The van der Waals surface area contributed by atoms with Crippen LogP contribution >= 0.6 is 0 Å². The topological polar surface area (TPSA) is 80.9 Å². The third-order valence-corrected chi connectivity index (χ3v) is 3.41. The predicted octanol–water partition coefficient (Wildman–Crippen LogP) is 2.02. The highest BCUT2D eigenvalue weighted by Crippen LogP contribution is 2.22. The minimum Gasteiger partial charge on any atom is -0.478 e. The van der Waals surface area contributed by atoms with Crippen molar-refractivity contribution < 1.29 is 9.90 Å². The summed E-state index contributed by atoms with van der Waals surface area (Å²) in [6.45, 7) is 0.524. The Hall–Kier alpha value is -2.76. The Labute approximate surface area is 121 Å². The fraction of sp³-hybridized carbons (Fsp3) is 0.200. The highest BCUT2D eigenvalue weighted by Gasteiger charge is 2.16. The summed E-state index contributed by atoms with van der Waals surface area (Å²) < 4.78 is 1.75. The van der Waals surface area contributed by atoms with Crippen LogP contribution in [0.3, 0.4) is 0 Å². The largest absolute Gasteiger partial charge is 0.478 e. The molecule has 3 rings (SSSR count). The number of carboxylic acids is 1. The molecule has 1 atom stereocenters. The molecule has 0 spiro atoms. The van der Waals surface area contributed by atoms with Gasteiger partial charge in [0.2, 0.25) is 0 Å². The molecule has 0 saturated heterocycles.